The Morgan fingerprint density at radius 3 is 2.65 bits per heavy atom. The van der Waals surface area contributed by atoms with Crippen molar-refractivity contribution in [2.75, 3.05) is 13.7 Å². The number of benzene rings is 1. The Morgan fingerprint density at radius 1 is 1.30 bits per heavy atom. The van der Waals surface area contributed by atoms with E-state index in [0.29, 0.717) is 5.22 Å². The minimum Gasteiger partial charge on any atom is -0.497 e. The average molecular weight is 294 g/mol. The lowest BCUT2D eigenvalue weighted by Crippen LogP contribution is -2.23. The maximum atomic E-state index is 5.90. The minimum atomic E-state index is 0.00774. The van der Waals surface area contributed by atoms with Crippen molar-refractivity contribution in [2.45, 2.75) is 26.3 Å². The fraction of sp³-hybridized carbons (Fsp3) is 0.375. The molecule has 1 unspecified atom stereocenters. The van der Waals surface area contributed by atoms with Crippen LogP contribution in [0.5, 0.6) is 5.75 Å². The quantitative estimate of drug-likeness (QED) is 0.860. The summed E-state index contributed by atoms with van der Waals surface area (Å²) in [5.41, 5.74) is 2.33. The van der Waals surface area contributed by atoms with Crippen LogP contribution in [-0.2, 0) is 0 Å². The second-order valence-electron chi connectivity index (χ2n) is 4.75. The molecule has 20 heavy (non-hydrogen) atoms. The Hall–Kier alpha value is -1.45. The third kappa shape index (κ3) is 3.35. The monoisotopic (exact) mass is 293 g/mol. The van der Waals surface area contributed by atoms with Gasteiger partial charge in [0.2, 0.25) is 0 Å². The maximum absolute atomic E-state index is 5.90. The van der Waals surface area contributed by atoms with E-state index in [9.17, 15) is 0 Å². The maximum Gasteiger partial charge on any atom is 0.193 e. The van der Waals surface area contributed by atoms with Gasteiger partial charge in [-0.2, -0.15) is 0 Å². The van der Waals surface area contributed by atoms with Crippen molar-refractivity contribution in [1.29, 1.82) is 0 Å². The fourth-order valence-electron chi connectivity index (χ4n) is 2.23. The number of rotatable bonds is 6. The van der Waals surface area contributed by atoms with Gasteiger partial charge < -0.3 is 14.5 Å². The van der Waals surface area contributed by atoms with E-state index < -0.39 is 0 Å². The molecule has 0 amide bonds. The predicted molar refractivity (Wildman–Crippen MR) is 81.6 cm³/mol. The first-order valence-electron chi connectivity index (χ1n) is 6.79. The lowest BCUT2D eigenvalue weighted by atomic mass is 9.99. The summed E-state index contributed by atoms with van der Waals surface area (Å²) in [5, 5.41) is 3.91. The first kappa shape index (κ1) is 14.9. The molecule has 2 rings (SSSR count). The SMILES string of the molecule is CCCNC(c1ccc(Cl)o1)c1ccc(OC)cc1C. The second kappa shape index (κ2) is 6.82. The van der Waals surface area contributed by atoms with Crippen LogP contribution >= 0.6 is 11.6 Å². The standard InChI is InChI=1S/C16H20ClNO2/c1-4-9-18-16(14-7-8-15(17)20-14)13-6-5-12(19-3)10-11(13)2/h5-8,10,16,18H,4,9H2,1-3H3. The van der Waals surface area contributed by atoms with Gasteiger partial charge in [-0.1, -0.05) is 13.0 Å². The van der Waals surface area contributed by atoms with E-state index in [0.717, 1.165) is 30.0 Å². The molecule has 1 aromatic carbocycles. The molecular formula is C16H20ClNO2. The molecule has 2 aromatic rings. The van der Waals surface area contributed by atoms with Crippen molar-refractivity contribution in [2.24, 2.45) is 0 Å². The first-order valence-corrected chi connectivity index (χ1v) is 7.16. The number of halogens is 1. The van der Waals surface area contributed by atoms with E-state index in [1.807, 2.05) is 18.2 Å². The van der Waals surface area contributed by atoms with Crippen molar-refractivity contribution in [3.63, 3.8) is 0 Å². The van der Waals surface area contributed by atoms with Gasteiger partial charge >= 0.3 is 0 Å². The molecule has 1 N–H and O–H groups in total. The van der Waals surface area contributed by atoms with Gasteiger partial charge in [0.1, 0.15) is 11.5 Å². The molecule has 0 saturated carbocycles. The summed E-state index contributed by atoms with van der Waals surface area (Å²) in [7, 11) is 1.67. The summed E-state index contributed by atoms with van der Waals surface area (Å²) < 4.78 is 10.8. The number of ether oxygens (including phenoxy) is 1. The van der Waals surface area contributed by atoms with Gasteiger partial charge in [-0.25, -0.2) is 0 Å². The van der Waals surface area contributed by atoms with E-state index in [1.54, 1.807) is 13.2 Å². The number of hydrogen-bond acceptors (Lipinski definition) is 3. The van der Waals surface area contributed by atoms with Gasteiger partial charge in [-0.15, -0.1) is 0 Å². The predicted octanol–water partition coefficient (Wildman–Crippen LogP) is 4.34. The minimum absolute atomic E-state index is 0.00774. The summed E-state index contributed by atoms with van der Waals surface area (Å²) in [6.07, 6.45) is 1.06. The van der Waals surface area contributed by atoms with Crippen molar-refractivity contribution in [3.8, 4) is 5.75 Å². The summed E-state index contributed by atoms with van der Waals surface area (Å²) >= 11 is 5.90. The van der Waals surface area contributed by atoms with E-state index in [4.69, 9.17) is 20.8 Å². The summed E-state index contributed by atoms with van der Waals surface area (Å²) in [4.78, 5) is 0. The summed E-state index contributed by atoms with van der Waals surface area (Å²) in [6.45, 7) is 5.12. The molecule has 0 bridgehead atoms. The Labute approximate surface area is 124 Å². The van der Waals surface area contributed by atoms with Gasteiger partial charge in [-0.05, 0) is 66.9 Å². The summed E-state index contributed by atoms with van der Waals surface area (Å²) in [5.74, 6) is 1.69. The van der Waals surface area contributed by atoms with Crippen LogP contribution < -0.4 is 10.1 Å². The Morgan fingerprint density at radius 2 is 2.10 bits per heavy atom. The molecule has 4 heteroatoms. The molecule has 1 heterocycles. The average Bonchev–Trinajstić information content (AvgIpc) is 2.87. The van der Waals surface area contributed by atoms with E-state index in [2.05, 4.69) is 25.2 Å². The van der Waals surface area contributed by atoms with Crippen molar-refractivity contribution < 1.29 is 9.15 Å². The van der Waals surface area contributed by atoms with Crippen LogP contribution in [0.15, 0.2) is 34.7 Å². The molecule has 0 aliphatic rings. The van der Waals surface area contributed by atoms with Crippen LogP contribution in [0.4, 0.5) is 0 Å². The van der Waals surface area contributed by atoms with Gasteiger partial charge in [0.25, 0.3) is 0 Å². The number of furan rings is 1. The van der Waals surface area contributed by atoms with Crippen molar-refractivity contribution in [1.82, 2.24) is 5.32 Å². The normalized spacial score (nSPS) is 12.4. The van der Waals surface area contributed by atoms with E-state index in [1.165, 1.54) is 5.56 Å². The molecular weight excluding hydrogens is 274 g/mol. The highest BCUT2D eigenvalue weighted by Gasteiger charge is 2.19. The Bertz CT molecular complexity index is 565. The highest BCUT2D eigenvalue weighted by Crippen LogP contribution is 2.29. The topological polar surface area (TPSA) is 34.4 Å². The zero-order chi connectivity index (χ0) is 14.5. The molecule has 0 spiro atoms. The third-order valence-electron chi connectivity index (χ3n) is 3.26. The first-order chi connectivity index (χ1) is 9.65. The van der Waals surface area contributed by atoms with E-state index >= 15 is 0 Å². The number of methoxy groups -OCH3 is 1. The summed E-state index contributed by atoms with van der Waals surface area (Å²) in [6, 6.07) is 9.76. The molecule has 0 aliphatic carbocycles. The largest absolute Gasteiger partial charge is 0.497 e. The Balaban J connectivity index is 2.35. The molecule has 0 fully saturated rings. The van der Waals surface area contributed by atoms with Crippen LogP contribution in [0.25, 0.3) is 0 Å². The molecule has 0 saturated heterocycles. The fourth-order valence-corrected chi connectivity index (χ4v) is 2.39. The number of hydrogen-bond donors (Lipinski definition) is 1. The number of nitrogens with one attached hydrogen (secondary N) is 1. The van der Waals surface area contributed by atoms with Crippen LogP contribution in [0.2, 0.25) is 5.22 Å². The zero-order valence-corrected chi connectivity index (χ0v) is 12.8. The highest BCUT2D eigenvalue weighted by molar-refractivity contribution is 6.28. The van der Waals surface area contributed by atoms with Gasteiger partial charge in [-0.3, -0.25) is 0 Å². The van der Waals surface area contributed by atoms with Crippen LogP contribution in [0, 0.1) is 6.92 Å². The third-order valence-corrected chi connectivity index (χ3v) is 3.47. The lowest BCUT2D eigenvalue weighted by Gasteiger charge is -2.19. The molecule has 1 atom stereocenters. The molecule has 3 nitrogen and oxygen atoms in total. The lowest BCUT2D eigenvalue weighted by molar-refractivity contribution is 0.413. The highest BCUT2D eigenvalue weighted by atomic mass is 35.5. The molecule has 1 aromatic heterocycles. The zero-order valence-electron chi connectivity index (χ0n) is 12.1. The van der Waals surface area contributed by atoms with Crippen molar-refractivity contribution in [3.05, 3.63) is 52.4 Å². The van der Waals surface area contributed by atoms with Crippen LogP contribution in [0.3, 0.4) is 0 Å². The smallest absolute Gasteiger partial charge is 0.193 e. The van der Waals surface area contributed by atoms with Crippen LogP contribution in [-0.4, -0.2) is 13.7 Å². The van der Waals surface area contributed by atoms with Gasteiger partial charge in [0.15, 0.2) is 5.22 Å². The van der Waals surface area contributed by atoms with E-state index in [-0.39, 0.29) is 6.04 Å². The van der Waals surface area contributed by atoms with Gasteiger partial charge in [0, 0.05) is 0 Å². The second-order valence-corrected chi connectivity index (χ2v) is 5.12. The van der Waals surface area contributed by atoms with Crippen LogP contribution in [0.1, 0.15) is 36.3 Å². The molecule has 108 valence electrons. The Kier molecular flexibility index (Phi) is 5.10. The molecule has 0 aliphatic heterocycles. The van der Waals surface area contributed by atoms with Gasteiger partial charge in [0.05, 0.1) is 13.2 Å². The van der Waals surface area contributed by atoms with Crippen molar-refractivity contribution >= 4 is 11.6 Å². The molecule has 0 radical (unpaired) electrons. The number of aryl methyl sites for hydroxylation is 1.